The Labute approximate surface area is 118 Å². The maximum absolute atomic E-state index is 11.2. The van der Waals surface area contributed by atoms with Crippen LogP contribution < -0.4 is 0 Å². The Bertz CT molecular complexity index is 470. The first kappa shape index (κ1) is 16.9. The number of rotatable bonds is 8. The minimum absolute atomic E-state index is 0.128. The molecule has 0 fully saturated rings. The van der Waals surface area contributed by atoms with Crippen LogP contribution in [0.1, 0.15) is 29.3 Å². The van der Waals surface area contributed by atoms with Gasteiger partial charge >= 0.3 is 13.8 Å². The van der Waals surface area contributed by atoms with Crippen molar-refractivity contribution in [3.63, 3.8) is 0 Å². The molecule has 1 rings (SSSR count). The van der Waals surface area contributed by atoms with Gasteiger partial charge in [0.05, 0.1) is 25.9 Å². The molecule has 0 amide bonds. The van der Waals surface area contributed by atoms with E-state index in [-0.39, 0.29) is 19.2 Å². The van der Waals surface area contributed by atoms with Crippen molar-refractivity contribution >= 4 is 13.8 Å². The fourth-order valence-electron chi connectivity index (χ4n) is 1.58. The van der Waals surface area contributed by atoms with Gasteiger partial charge in [-0.1, -0.05) is 12.1 Å². The number of aryl methyl sites for hydroxylation is 1. The zero-order chi connectivity index (χ0) is 15.0. The molecule has 0 bridgehead atoms. The molecule has 0 heterocycles. The summed E-state index contributed by atoms with van der Waals surface area (Å²) in [5.41, 5.74) is 1.49. The molecule has 6 nitrogen and oxygen atoms in total. The Morgan fingerprint density at radius 3 is 2.45 bits per heavy atom. The monoisotopic (exact) mass is 302 g/mol. The highest BCUT2D eigenvalue weighted by molar-refractivity contribution is 7.47. The van der Waals surface area contributed by atoms with E-state index in [0.29, 0.717) is 18.4 Å². The molecule has 0 aromatic heterocycles. The van der Waals surface area contributed by atoms with Crippen LogP contribution in [0.15, 0.2) is 24.3 Å². The molecule has 0 aliphatic heterocycles. The molecule has 0 spiro atoms. The Balaban J connectivity index is 2.36. The Hall–Kier alpha value is -1.20. The van der Waals surface area contributed by atoms with Gasteiger partial charge in [0.1, 0.15) is 0 Å². The van der Waals surface area contributed by atoms with Crippen molar-refractivity contribution in [3.8, 4) is 0 Å². The van der Waals surface area contributed by atoms with Crippen LogP contribution in [0, 0.1) is 0 Å². The lowest BCUT2D eigenvalue weighted by Crippen LogP contribution is -2.01. The highest BCUT2D eigenvalue weighted by Crippen LogP contribution is 2.42. The van der Waals surface area contributed by atoms with Crippen LogP contribution in [-0.4, -0.2) is 31.2 Å². The summed E-state index contributed by atoms with van der Waals surface area (Å²) in [6, 6.07) is 6.99. The van der Waals surface area contributed by atoms with Crippen molar-refractivity contribution in [1.29, 1.82) is 0 Å². The van der Waals surface area contributed by atoms with Gasteiger partial charge in [-0.3, -0.25) is 9.05 Å². The molecular weight excluding hydrogens is 283 g/mol. The molecule has 1 atom stereocenters. The molecule has 0 saturated carbocycles. The number of ether oxygens (including phenoxy) is 1. The van der Waals surface area contributed by atoms with Crippen molar-refractivity contribution in [2.24, 2.45) is 0 Å². The lowest BCUT2D eigenvalue weighted by atomic mass is 10.1. The van der Waals surface area contributed by atoms with Crippen molar-refractivity contribution in [1.82, 2.24) is 0 Å². The number of phosphoric ester groups is 1. The minimum Gasteiger partial charge on any atom is -0.465 e. The molecule has 1 aromatic carbocycles. The molecule has 112 valence electrons. The zero-order valence-electron chi connectivity index (χ0n) is 11.6. The van der Waals surface area contributed by atoms with E-state index in [9.17, 15) is 14.3 Å². The van der Waals surface area contributed by atoms with E-state index in [0.717, 1.165) is 5.56 Å². The summed E-state index contributed by atoms with van der Waals surface area (Å²) in [7, 11) is -2.57. The number of benzene rings is 1. The Kier molecular flexibility index (Phi) is 6.88. The van der Waals surface area contributed by atoms with Crippen LogP contribution in [0.2, 0.25) is 0 Å². The van der Waals surface area contributed by atoms with E-state index in [1.807, 2.05) is 12.1 Å². The highest BCUT2D eigenvalue weighted by Gasteiger charge is 2.18. The second-order valence-corrected chi connectivity index (χ2v) is 5.47. The molecule has 7 heteroatoms. The molecule has 0 saturated heterocycles. The topological polar surface area (TPSA) is 82.1 Å². The van der Waals surface area contributed by atoms with Crippen molar-refractivity contribution in [3.05, 3.63) is 35.4 Å². The second kappa shape index (κ2) is 8.17. The van der Waals surface area contributed by atoms with Gasteiger partial charge in [0.15, 0.2) is 0 Å². The third kappa shape index (κ3) is 5.84. The highest BCUT2D eigenvalue weighted by atomic mass is 31.2. The zero-order valence-corrected chi connectivity index (χ0v) is 12.5. The normalized spacial score (nSPS) is 13.8. The van der Waals surface area contributed by atoms with E-state index in [1.54, 1.807) is 19.1 Å². The predicted octanol–water partition coefficient (Wildman–Crippen LogP) is 2.56. The van der Waals surface area contributed by atoms with E-state index in [4.69, 9.17) is 4.52 Å². The molecule has 0 radical (unpaired) electrons. The van der Waals surface area contributed by atoms with Gasteiger partial charge in [0.25, 0.3) is 0 Å². The summed E-state index contributed by atoms with van der Waals surface area (Å²) in [5.74, 6) is -0.377. The van der Waals surface area contributed by atoms with Crippen molar-refractivity contribution < 1.29 is 28.0 Å². The third-order valence-electron chi connectivity index (χ3n) is 2.53. The minimum atomic E-state index is -3.90. The third-order valence-corrected chi connectivity index (χ3v) is 3.62. The molecule has 20 heavy (non-hydrogen) atoms. The van der Waals surface area contributed by atoms with E-state index in [1.165, 1.54) is 7.11 Å². The molecule has 1 unspecified atom stereocenters. The first-order chi connectivity index (χ1) is 9.48. The molecular formula is C13H19O6P. The largest absolute Gasteiger partial charge is 0.472 e. The molecule has 0 aliphatic carbocycles. The van der Waals surface area contributed by atoms with Crippen LogP contribution in [0.25, 0.3) is 0 Å². The van der Waals surface area contributed by atoms with Gasteiger partial charge in [-0.15, -0.1) is 0 Å². The second-order valence-electron chi connectivity index (χ2n) is 4.01. The Morgan fingerprint density at radius 1 is 1.25 bits per heavy atom. The van der Waals surface area contributed by atoms with Crippen molar-refractivity contribution in [2.45, 2.75) is 19.8 Å². The number of carbonyl (C=O) groups is 1. The van der Waals surface area contributed by atoms with Gasteiger partial charge < -0.3 is 9.63 Å². The number of esters is 1. The molecule has 1 aromatic rings. The van der Waals surface area contributed by atoms with Crippen LogP contribution in [0.5, 0.6) is 0 Å². The van der Waals surface area contributed by atoms with E-state index >= 15 is 0 Å². The fraction of sp³-hybridized carbons (Fsp3) is 0.462. The fourth-order valence-corrected chi connectivity index (χ4v) is 2.34. The van der Waals surface area contributed by atoms with Crippen molar-refractivity contribution in [2.75, 3.05) is 20.3 Å². The summed E-state index contributed by atoms with van der Waals surface area (Å²) in [5, 5.41) is 0. The smallest absolute Gasteiger partial charge is 0.465 e. The van der Waals surface area contributed by atoms with Gasteiger partial charge in [-0.05, 0) is 37.5 Å². The predicted molar refractivity (Wildman–Crippen MR) is 73.5 cm³/mol. The maximum Gasteiger partial charge on any atom is 0.472 e. The number of phosphoric acid groups is 1. The SMILES string of the molecule is CCOP(=O)(O)OCCCc1ccc(C(=O)OC)cc1. The van der Waals surface area contributed by atoms with Gasteiger partial charge in [0.2, 0.25) is 0 Å². The Morgan fingerprint density at radius 2 is 1.90 bits per heavy atom. The number of hydrogen-bond donors (Lipinski definition) is 1. The molecule has 1 N–H and O–H groups in total. The number of methoxy groups -OCH3 is 1. The van der Waals surface area contributed by atoms with Crippen LogP contribution in [0.3, 0.4) is 0 Å². The van der Waals surface area contributed by atoms with Crippen LogP contribution in [0.4, 0.5) is 0 Å². The number of hydrogen-bond acceptors (Lipinski definition) is 5. The molecule has 0 aliphatic rings. The lowest BCUT2D eigenvalue weighted by molar-refractivity contribution is 0.0600. The van der Waals surface area contributed by atoms with Gasteiger partial charge in [-0.2, -0.15) is 0 Å². The average Bonchev–Trinajstić information content (AvgIpc) is 2.43. The summed E-state index contributed by atoms with van der Waals surface area (Å²) in [6.45, 7) is 1.88. The first-order valence-electron chi connectivity index (χ1n) is 6.27. The standard InChI is InChI=1S/C13H19O6P/c1-3-18-20(15,16)19-10-4-5-11-6-8-12(9-7-11)13(14)17-2/h6-9H,3-5,10H2,1-2H3,(H,15,16). The van der Waals surface area contributed by atoms with E-state index in [2.05, 4.69) is 9.26 Å². The van der Waals surface area contributed by atoms with Crippen LogP contribution >= 0.6 is 7.82 Å². The van der Waals surface area contributed by atoms with Gasteiger partial charge in [0, 0.05) is 0 Å². The quantitative estimate of drug-likeness (QED) is 0.451. The van der Waals surface area contributed by atoms with Gasteiger partial charge in [-0.25, -0.2) is 9.36 Å². The average molecular weight is 302 g/mol. The summed E-state index contributed by atoms with van der Waals surface area (Å²) >= 11 is 0. The summed E-state index contributed by atoms with van der Waals surface area (Å²) < 4.78 is 25.2. The first-order valence-corrected chi connectivity index (χ1v) is 7.77. The van der Waals surface area contributed by atoms with E-state index < -0.39 is 7.82 Å². The maximum atomic E-state index is 11.2. The summed E-state index contributed by atoms with van der Waals surface area (Å²) in [4.78, 5) is 20.4. The van der Waals surface area contributed by atoms with Crippen LogP contribution in [-0.2, 0) is 24.8 Å². The number of carbonyl (C=O) groups excluding carboxylic acids is 1. The summed E-state index contributed by atoms with van der Waals surface area (Å²) in [6.07, 6.45) is 1.25. The lowest BCUT2D eigenvalue weighted by Gasteiger charge is -2.10.